The van der Waals surface area contributed by atoms with E-state index in [1.807, 2.05) is 11.2 Å². The summed E-state index contributed by atoms with van der Waals surface area (Å²) in [4.78, 5) is 26.5. The van der Waals surface area contributed by atoms with Crippen molar-refractivity contribution in [2.45, 2.75) is 25.0 Å². The maximum atomic E-state index is 12.1. The molecule has 1 heterocycles. The van der Waals surface area contributed by atoms with Crippen LogP contribution in [0.25, 0.3) is 0 Å². The predicted octanol–water partition coefficient (Wildman–Crippen LogP) is 0.930. The van der Waals surface area contributed by atoms with Crippen LogP contribution in [0.4, 0.5) is 4.79 Å². The van der Waals surface area contributed by atoms with Crippen LogP contribution in [-0.4, -0.2) is 77.2 Å². The summed E-state index contributed by atoms with van der Waals surface area (Å²) in [6, 6.07) is -0.0516. The molecule has 7 heteroatoms. The predicted molar refractivity (Wildman–Crippen MR) is 81.3 cm³/mol. The van der Waals surface area contributed by atoms with Crippen molar-refractivity contribution in [2.75, 3.05) is 45.5 Å². The molecule has 1 saturated heterocycles. The molecule has 0 spiro atoms. The fourth-order valence-electron chi connectivity index (χ4n) is 2.00. The van der Waals surface area contributed by atoms with E-state index in [2.05, 4.69) is 19.2 Å². The normalized spacial score (nSPS) is 17.6. The molecule has 0 aromatic carbocycles. The van der Waals surface area contributed by atoms with Crippen molar-refractivity contribution >= 4 is 23.8 Å². The number of urea groups is 1. The van der Waals surface area contributed by atoms with Crippen molar-refractivity contribution in [1.29, 1.82) is 0 Å². The number of rotatable bonds is 5. The first kappa shape index (κ1) is 17.1. The van der Waals surface area contributed by atoms with Gasteiger partial charge in [-0.1, -0.05) is 0 Å². The molecule has 0 radical (unpaired) electrons. The van der Waals surface area contributed by atoms with Gasteiger partial charge in [-0.05, 0) is 26.5 Å². The van der Waals surface area contributed by atoms with Gasteiger partial charge in [0, 0.05) is 37.5 Å². The molecule has 0 saturated carbocycles. The third-order valence-electron chi connectivity index (χ3n) is 3.45. The summed E-state index contributed by atoms with van der Waals surface area (Å²) in [5.74, 6) is -0.815. The molecule has 20 heavy (non-hydrogen) atoms. The van der Waals surface area contributed by atoms with E-state index < -0.39 is 5.97 Å². The fraction of sp³-hybridized carbons (Fsp3) is 0.846. The molecule has 0 aromatic rings. The van der Waals surface area contributed by atoms with E-state index >= 15 is 0 Å². The minimum absolute atomic E-state index is 0.0247. The number of nitrogens with zero attached hydrogens (tertiary/aromatic N) is 2. The third-order valence-corrected chi connectivity index (χ3v) is 4.70. The maximum Gasteiger partial charge on any atom is 0.317 e. The first-order chi connectivity index (χ1) is 9.34. The van der Waals surface area contributed by atoms with Gasteiger partial charge in [0.05, 0.1) is 6.54 Å². The second-order valence-electron chi connectivity index (χ2n) is 5.63. The quantitative estimate of drug-likeness (QED) is 0.790. The lowest BCUT2D eigenvalue weighted by Crippen LogP contribution is -2.46. The summed E-state index contributed by atoms with van der Waals surface area (Å²) in [5.41, 5.74) is 0. The molecule has 6 nitrogen and oxygen atoms in total. The van der Waals surface area contributed by atoms with Gasteiger partial charge in [0.15, 0.2) is 0 Å². The van der Waals surface area contributed by atoms with E-state index in [4.69, 9.17) is 5.11 Å². The Balaban J connectivity index is 2.40. The number of carbonyl (C=O) groups is 2. The largest absolute Gasteiger partial charge is 0.480 e. The van der Waals surface area contributed by atoms with Gasteiger partial charge in [-0.25, -0.2) is 4.79 Å². The number of carboxylic acids is 1. The minimum Gasteiger partial charge on any atom is -0.480 e. The number of thioether (sulfide) groups is 1. The van der Waals surface area contributed by atoms with Crippen LogP contribution in [0.15, 0.2) is 0 Å². The standard InChI is InChI=1S/C13H25N3O3S/c1-13(2,20-3)10-14-12(19)16-6-4-5-15(7-8-16)9-11(17)18/h4-10H2,1-3H3,(H,14,19)(H,17,18). The summed E-state index contributed by atoms with van der Waals surface area (Å²) in [6.07, 6.45) is 2.84. The molecule has 0 aliphatic carbocycles. The Kier molecular flexibility index (Phi) is 6.61. The van der Waals surface area contributed by atoms with Gasteiger partial charge < -0.3 is 15.3 Å². The number of nitrogens with one attached hydrogen (secondary N) is 1. The Labute approximate surface area is 124 Å². The van der Waals surface area contributed by atoms with Crippen molar-refractivity contribution in [2.24, 2.45) is 0 Å². The second kappa shape index (κ2) is 7.73. The molecule has 0 atom stereocenters. The molecule has 116 valence electrons. The summed E-state index contributed by atoms with van der Waals surface area (Å²) in [6.45, 7) is 7.47. The first-order valence-electron chi connectivity index (χ1n) is 6.86. The molecule has 0 aromatic heterocycles. The number of aliphatic carboxylic acids is 1. The Morgan fingerprint density at radius 2 is 1.95 bits per heavy atom. The van der Waals surface area contributed by atoms with Gasteiger partial charge in [0.1, 0.15) is 0 Å². The van der Waals surface area contributed by atoms with Crippen molar-refractivity contribution in [1.82, 2.24) is 15.1 Å². The Morgan fingerprint density at radius 3 is 2.55 bits per heavy atom. The highest BCUT2D eigenvalue weighted by Crippen LogP contribution is 2.19. The zero-order valence-corrected chi connectivity index (χ0v) is 13.3. The van der Waals surface area contributed by atoms with Gasteiger partial charge in [0.25, 0.3) is 0 Å². The number of hydrogen-bond donors (Lipinski definition) is 2. The smallest absolute Gasteiger partial charge is 0.317 e. The second-order valence-corrected chi connectivity index (χ2v) is 7.15. The lowest BCUT2D eigenvalue weighted by atomic mass is 10.2. The monoisotopic (exact) mass is 303 g/mol. The van der Waals surface area contributed by atoms with Crippen LogP contribution in [0, 0.1) is 0 Å². The third kappa shape index (κ3) is 6.00. The lowest BCUT2D eigenvalue weighted by Gasteiger charge is -2.26. The van der Waals surface area contributed by atoms with Gasteiger partial charge in [-0.3, -0.25) is 9.69 Å². The fourth-order valence-corrected chi connectivity index (χ4v) is 2.21. The Bertz CT molecular complexity index is 350. The highest BCUT2D eigenvalue weighted by molar-refractivity contribution is 7.99. The van der Waals surface area contributed by atoms with Crippen LogP contribution in [0.3, 0.4) is 0 Å². The number of amides is 2. The number of carbonyl (C=O) groups excluding carboxylic acids is 1. The van der Waals surface area contributed by atoms with Gasteiger partial charge >= 0.3 is 12.0 Å². The average molecular weight is 303 g/mol. The van der Waals surface area contributed by atoms with E-state index in [0.717, 1.165) is 13.0 Å². The molecule has 2 N–H and O–H groups in total. The van der Waals surface area contributed by atoms with Gasteiger partial charge in [0.2, 0.25) is 0 Å². The molecule has 0 unspecified atom stereocenters. The minimum atomic E-state index is -0.815. The molecular weight excluding hydrogens is 278 g/mol. The van der Waals surface area contributed by atoms with Crippen LogP contribution in [-0.2, 0) is 4.79 Å². The molecule has 1 aliphatic heterocycles. The SMILES string of the molecule is CSC(C)(C)CNC(=O)N1CCCN(CC(=O)O)CC1. The van der Waals surface area contributed by atoms with E-state index in [1.165, 1.54) is 0 Å². The van der Waals surface area contributed by atoms with Crippen LogP contribution < -0.4 is 5.32 Å². The van der Waals surface area contributed by atoms with Crippen molar-refractivity contribution in [3.05, 3.63) is 0 Å². The van der Waals surface area contributed by atoms with Crippen molar-refractivity contribution in [3.8, 4) is 0 Å². The number of carboxylic acid groups (broad SMARTS) is 1. The van der Waals surface area contributed by atoms with Crippen LogP contribution >= 0.6 is 11.8 Å². The highest BCUT2D eigenvalue weighted by Gasteiger charge is 2.22. The molecule has 2 amide bonds. The highest BCUT2D eigenvalue weighted by atomic mass is 32.2. The maximum absolute atomic E-state index is 12.1. The summed E-state index contributed by atoms with van der Waals surface area (Å²) >= 11 is 1.72. The van der Waals surface area contributed by atoms with Gasteiger partial charge in [-0.15, -0.1) is 0 Å². The van der Waals surface area contributed by atoms with Crippen molar-refractivity contribution in [3.63, 3.8) is 0 Å². The van der Waals surface area contributed by atoms with Crippen LogP contribution in [0.5, 0.6) is 0 Å². The summed E-state index contributed by atoms with van der Waals surface area (Å²) < 4.78 is 0.0247. The molecule has 1 rings (SSSR count). The van der Waals surface area contributed by atoms with Crippen molar-refractivity contribution < 1.29 is 14.7 Å². The van der Waals surface area contributed by atoms with E-state index in [9.17, 15) is 9.59 Å². The summed E-state index contributed by atoms with van der Waals surface area (Å²) in [7, 11) is 0. The lowest BCUT2D eigenvalue weighted by molar-refractivity contribution is -0.138. The molecular formula is C13H25N3O3S. The molecule has 0 bridgehead atoms. The molecule has 1 fully saturated rings. The Hall–Kier alpha value is -0.950. The van der Waals surface area contributed by atoms with E-state index in [-0.39, 0.29) is 17.3 Å². The summed E-state index contributed by atoms with van der Waals surface area (Å²) in [5, 5.41) is 11.8. The zero-order chi connectivity index (χ0) is 15.2. The average Bonchev–Trinajstić information content (AvgIpc) is 2.61. The zero-order valence-electron chi connectivity index (χ0n) is 12.5. The Morgan fingerprint density at radius 1 is 1.25 bits per heavy atom. The van der Waals surface area contributed by atoms with Crippen LogP contribution in [0.1, 0.15) is 20.3 Å². The van der Waals surface area contributed by atoms with Gasteiger partial charge in [-0.2, -0.15) is 11.8 Å². The first-order valence-corrected chi connectivity index (χ1v) is 8.08. The topological polar surface area (TPSA) is 72.9 Å². The number of hydrogen-bond acceptors (Lipinski definition) is 4. The van der Waals surface area contributed by atoms with E-state index in [0.29, 0.717) is 26.2 Å². The van der Waals surface area contributed by atoms with E-state index in [1.54, 1.807) is 16.7 Å². The van der Waals surface area contributed by atoms with Crippen LogP contribution in [0.2, 0.25) is 0 Å². The molecule has 1 aliphatic rings.